The zero-order chi connectivity index (χ0) is 7.68. The molecule has 0 spiro atoms. The molecular formula is C6H4IN3S. The lowest BCUT2D eigenvalue weighted by molar-refractivity contribution is 1.18. The third kappa shape index (κ3) is 1.22. The van der Waals surface area contributed by atoms with Crippen molar-refractivity contribution in [1.82, 2.24) is 13.9 Å². The van der Waals surface area contributed by atoms with E-state index in [9.17, 15) is 0 Å². The summed E-state index contributed by atoms with van der Waals surface area (Å²) >= 11 is 2.22. The number of halogens is 1. The summed E-state index contributed by atoms with van der Waals surface area (Å²) in [5.41, 5.74) is 0.972. The van der Waals surface area contributed by atoms with Gasteiger partial charge >= 0.3 is 0 Å². The minimum atomic E-state index is 0.972. The van der Waals surface area contributed by atoms with Crippen molar-refractivity contribution in [2.24, 2.45) is 0 Å². The van der Waals surface area contributed by atoms with Crippen LogP contribution in [0.4, 0.5) is 0 Å². The Balaban J connectivity index is 2.76. The summed E-state index contributed by atoms with van der Waals surface area (Å²) in [6.07, 6.45) is 5.36. The van der Waals surface area contributed by atoms with E-state index in [2.05, 4.69) is 31.2 Å². The topological polar surface area (TPSA) is 30.7 Å². The van der Waals surface area contributed by atoms with E-state index in [1.165, 1.54) is 0 Å². The lowest BCUT2D eigenvalue weighted by Gasteiger charge is -1.93. The Morgan fingerprint density at radius 1 is 1.55 bits per heavy atom. The fourth-order valence-electron chi connectivity index (χ4n) is 0.910. The van der Waals surface area contributed by atoms with Crippen LogP contribution in [0.15, 0.2) is 24.8 Å². The van der Waals surface area contributed by atoms with Crippen molar-refractivity contribution < 1.29 is 0 Å². The standard InChI is InChI=1S/C6H4IN3S/c7-11-10-2-1-5-3-8-4-9-6(5)10/h1-4H. The van der Waals surface area contributed by atoms with E-state index in [1.54, 1.807) is 15.4 Å². The van der Waals surface area contributed by atoms with Gasteiger partial charge in [0.2, 0.25) is 0 Å². The fourth-order valence-corrected chi connectivity index (χ4v) is 2.19. The normalized spacial score (nSPS) is 10.6. The maximum Gasteiger partial charge on any atom is 0.153 e. The Morgan fingerprint density at radius 3 is 3.27 bits per heavy atom. The van der Waals surface area contributed by atoms with E-state index >= 15 is 0 Å². The zero-order valence-corrected chi connectivity index (χ0v) is 8.41. The monoisotopic (exact) mass is 277 g/mol. The number of aromatic nitrogens is 3. The molecule has 0 fully saturated rings. The second-order valence-electron chi connectivity index (χ2n) is 2.01. The van der Waals surface area contributed by atoms with Crippen LogP contribution in [0.2, 0.25) is 0 Å². The van der Waals surface area contributed by atoms with Gasteiger partial charge in [-0.05, 0) is 6.07 Å². The highest BCUT2D eigenvalue weighted by atomic mass is 127. The number of nitrogens with zero attached hydrogens (tertiary/aromatic N) is 3. The molecule has 0 saturated heterocycles. The van der Waals surface area contributed by atoms with Crippen LogP contribution in [0, 0.1) is 0 Å². The van der Waals surface area contributed by atoms with Gasteiger partial charge in [0.25, 0.3) is 0 Å². The van der Waals surface area contributed by atoms with E-state index in [1.807, 2.05) is 22.4 Å². The van der Waals surface area contributed by atoms with Crippen LogP contribution >= 0.6 is 30.3 Å². The van der Waals surface area contributed by atoms with E-state index in [0.29, 0.717) is 0 Å². The van der Waals surface area contributed by atoms with Crippen molar-refractivity contribution in [1.29, 1.82) is 0 Å². The molecule has 0 atom stereocenters. The minimum Gasteiger partial charge on any atom is -0.266 e. The van der Waals surface area contributed by atoms with Crippen LogP contribution in [0.1, 0.15) is 0 Å². The third-order valence-electron chi connectivity index (χ3n) is 1.39. The van der Waals surface area contributed by atoms with Crippen LogP contribution in [0.25, 0.3) is 11.0 Å². The van der Waals surface area contributed by atoms with Gasteiger partial charge in [0.15, 0.2) is 5.65 Å². The Hall–Kier alpha value is -0.300. The molecule has 0 radical (unpaired) electrons. The van der Waals surface area contributed by atoms with Crippen LogP contribution in [-0.4, -0.2) is 13.9 Å². The predicted octanol–water partition coefficient (Wildman–Crippen LogP) is 2.28. The van der Waals surface area contributed by atoms with Gasteiger partial charge in [-0.1, -0.05) is 0 Å². The van der Waals surface area contributed by atoms with E-state index in [-0.39, 0.29) is 0 Å². The number of fused-ring (bicyclic) bond motifs is 1. The second-order valence-corrected chi connectivity index (χ2v) is 3.73. The van der Waals surface area contributed by atoms with Crippen LogP contribution in [0.5, 0.6) is 0 Å². The lowest BCUT2D eigenvalue weighted by atomic mass is 10.4. The Bertz CT molecular complexity index is 373. The average Bonchev–Trinajstić information content (AvgIpc) is 2.47. The van der Waals surface area contributed by atoms with Crippen molar-refractivity contribution in [3.05, 3.63) is 24.8 Å². The molecule has 2 rings (SSSR count). The molecule has 0 unspecified atom stereocenters. The minimum absolute atomic E-state index is 0.972. The first kappa shape index (κ1) is 7.35. The summed E-state index contributed by atoms with van der Waals surface area (Å²) in [6.45, 7) is 0. The molecule has 0 aliphatic carbocycles. The van der Waals surface area contributed by atoms with Gasteiger partial charge in [0.05, 0.1) is 0 Å². The lowest BCUT2D eigenvalue weighted by Crippen LogP contribution is -1.83. The van der Waals surface area contributed by atoms with E-state index in [0.717, 1.165) is 11.0 Å². The van der Waals surface area contributed by atoms with Crippen molar-refractivity contribution in [3.8, 4) is 0 Å². The highest BCUT2D eigenvalue weighted by Crippen LogP contribution is 2.21. The summed E-state index contributed by atoms with van der Waals surface area (Å²) in [5, 5.41) is 1.08. The first-order valence-corrected chi connectivity index (χ1v) is 6.29. The predicted molar refractivity (Wildman–Crippen MR) is 54.5 cm³/mol. The maximum absolute atomic E-state index is 4.14. The SMILES string of the molecule is ISn1ccc2cncnc21. The Kier molecular flexibility index (Phi) is 1.99. The van der Waals surface area contributed by atoms with Gasteiger partial charge in [0.1, 0.15) is 6.33 Å². The highest BCUT2D eigenvalue weighted by Gasteiger charge is 1.99. The molecule has 3 nitrogen and oxygen atoms in total. The van der Waals surface area contributed by atoms with Gasteiger partial charge in [-0.3, -0.25) is 3.97 Å². The molecule has 0 saturated carbocycles. The van der Waals surface area contributed by atoms with Crippen LogP contribution in [0.3, 0.4) is 0 Å². The second kappa shape index (κ2) is 2.98. The quantitative estimate of drug-likeness (QED) is 0.749. The molecule has 2 heterocycles. The van der Waals surface area contributed by atoms with E-state index < -0.39 is 0 Å². The van der Waals surface area contributed by atoms with Crippen molar-refractivity contribution in [2.75, 3.05) is 0 Å². The maximum atomic E-state index is 4.14. The van der Waals surface area contributed by atoms with Crippen LogP contribution in [-0.2, 0) is 0 Å². The first-order chi connectivity index (χ1) is 5.42. The molecule has 56 valence electrons. The molecular weight excluding hydrogens is 273 g/mol. The molecule has 0 aromatic carbocycles. The van der Waals surface area contributed by atoms with Gasteiger partial charge in [-0.25, -0.2) is 9.97 Å². The average molecular weight is 277 g/mol. The molecule has 2 aromatic heterocycles. The van der Waals surface area contributed by atoms with Crippen molar-refractivity contribution in [3.63, 3.8) is 0 Å². The molecule has 0 aliphatic rings. The molecule has 11 heavy (non-hydrogen) atoms. The number of hydrogen-bond donors (Lipinski definition) is 0. The highest BCUT2D eigenvalue weighted by molar-refractivity contribution is 14.2. The molecule has 0 bridgehead atoms. The van der Waals surface area contributed by atoms with Gasteiger partial charge in [-0.2, -0.15) is 0 Å². The molecule has 0 aliphatic heterocycles. The Labute approximate surface area is 79.9 Å². The smallest absolute Gasteiger partial charge is 0.153 e. The first-order valence-electron chi connectivity index (χ1n) is 2.98. The molecule has 2 aromatic rings. The Morgan fingerprint density at radius 2 is 2.45 bits per heavy atom. The van der Waals surface area contributed by atoms with Crippen molar-refractivity contribution in [2.45, 2.75) is 0 Å². The molecule has 5 heteroatoms. The van der Waals surface area contributed by atoms with Crippen LogP contribution < -0.4 is 0 Å². The summed E-state index contributed by atoms with van der Waals surface area (Å²) in [4.78, 5) is 8.06. The van der Waals surface area contributed by atoms with Gasteiger partial charge < -0.3 is 0 Å². The van der Waals surface area contributed by atoms with Gasteiger partial charge in [-0.15, -0.1) is 0 Å². The van der Waals surface area contributed by atoms with E-state index in [4.69, 9.17) is 0 Å². The summed E-state index contributed by atoms with van der Waals surface area (Å²) in [6, 6.07) is 2.00. The number of hydrogen-bond acceptors (Lipinski definition) is 3. The number of rotatable bonds is 1. The largest absolute Gasteiger partial charge is 0.266 e. The summed E-state index contributed by atoms with van der Waals surface area (Å²) in [5.74, 6) is 0. The summed E-state index contributed by atoms with van der Waals surface area (Å²) in [7, 11) is 1.60. The zero-order valence-electron chi connectivity index (χ0n) is 5.44. The third-order valence-corrected chi connectivity index (χ3v) is 3.11. The summed E-state index contributed by atoms with van der Waals surface area (Å²) < 4.78 is 2.00. The molecule has 0 amide bonds. The van der Waals surface area contributed by atoms with Crippen molar-refractivity contribution >= 4 is 41.4 Å². The fraction of sp³-hybridized carbons (Fsp3) is 0. The van der Waals surface area contributed by atoms with Gasteiger partial charge in [0, 0.05) is 48.1 Å². The molecule has 0 N–H and O–H groups in total.